The summed E-state index contributed by atoms with van der Waals surface area (Å²) >= 11 is 0. The van der Waals surface area contributed by atoms with Gasteiger partial charge in [0.1, 0.15) is 6.04 Å². The lowest BCUT2D eigenvalue weighted by molar-refractivity contribution is -0.142. The first-order valence-corrected chi connectivity index (χ1v) is 10.7. The maximum Gasteiger partial charge on any atom is 0.326 e. The molecule has 30 heavy (non-hydrogen) atoms. The van der Waals surface area contributed by atoms with Gasteiger partial charge in [-0.25, -0.2) is 4.79 Å². The molecule has 1 unspecified atom stereocenters. The summed E-state index contributed by atoms with van der Waals surface area (Å²) in [6.07, 6.45) is 22.6. The van der Waals surface area contributed by atoms with Gasteiger partial charge < -0.3 is 22.3 Å². The number of allylic oxidation sites excluding steroid dienone is 6. The standard InChI is InChI=1S/C23H38N2O4.H3N/c1-2-3-4-5-6-7-8-9-10-11-12-13-14-15-16-17-22(27)25-20(23(28)29)18-19-21(24)26;/h3-4,6-7,9-10,20H,2,5,8,11-19H2,1H3,(H2,24,26)(H,25,27)(H,28,29);1H3/b4-3+,7-6+,10-9+;. The zero-order valence-corrected chi connectivity index (χ0v) is 18.5. The van der Waals surface area contributed by atoms with Gasteiger partial charge in [0.25, 0.3) is 0 Å². The van der Waals surface area contributed by atoms with Gasteiger partial charge in [-0.2, -0.15) is 0 Å². The Bertz CT molecular complexity index is 557. The Labute approximate surface area is 181 Å². The van der Waals surface area contributed by atoms with E-state index in [2.05, 4.69) is 48.7 Å². The van der Waals surface area contributed by atoms with Crippen LogP contribution in [0.2, 0.25) is 0 Å². The number of carboxylic acid groups (broad SMARTS) is 1. The normalized spacial score (nSPS) is 12.3. The largest absolute Gasteiger partial charge is 0.480 e. The van der Waals surface area contributed by atoms with Crippen molar-refractivity contribution in [2.75, 3.05) is 0 Å². The van der Waals surface area contributed by atoms with Crippen molar-refractivity contribution in [3.63, 3.8) is 0 Å². The minimum Gasteiger partial charge on any atom is -0.480 e. The van der Waals surface area contributed by atoms with Crippen LogP contribution in [0.15, 0.2) is 36.5 Å². The molecule has 0 spiro atoms. The van der Waals surface area contributed by atoms with Gasteiger partial charge in [0.15, 0.2) is 0 Å². The number of hydrogen-bond acceptors (Lipinski definition) is 4. The molecule has 0 bridgehead atoms. The van der Waals surface area contributed by atoms with Crippen LogP contribution in [0.5, 0.6) is 0 Å². The van der Waals surface area contributed by atoms with Crippen molar-refractivity contribution in [3.8, 4) is 0 Å². The summed E-state index contributed by atoms with van der Waals surface area (Å²) in [5.41, 5.74) is 5.02. The number of hydrogen-bond donors (Lipinski definition) is 4. The smallest absolute Gasteiger partial charge is 0.326 e. The van der Waals surface area contributed by atoms with Gasteiger partial charge in [0.05, 0.1) is 0 Å². The molecular formula is C23H41N3O4. The molecule has 0 radical (unpaired) electrons. The molecule has 0 fully saturated rings. The van der Waals surface area contributed by atoms with Crippen LogP contribution in [0.3, 0.4) is 0 Å². The first-order valence-electron chi connectivity index (χ1n) is 10.7. The van der Waals surface area contributed by atoms with Crippen LogP contribution < -0.4 is 17.2 Å². The van der Waals surface area contributed by atoms with E-state index in [0.29, 0.717) is 6.42 Å². The van der Waals surface area contributed by atoms with Crippen LogP contribution in [-0.2, 0) is 14.4 Å². The lowest BCUT2D eigenvalue weighted by atomic mass is 10.1. The van der Waals surface area contributed by atoms with E-state index in [1.54, 1.807) is 0 Å². The van der Waals surface area contributed by atoms with Crippen molar-refractivity contribution in [3.05, 3.63) is 36.5 Å². The molecule has 0 saturated carbocycles. The van der Waals surface area contributed by atoms with Crippen LogP contribution in [0.4, 0.5) is 0 Å². The van der Waals surface area contributed by atoms with Gasteiger partial charge in [-0.15, -0.1) is 0 Å². The molecule has 0 rings (SSSR count). The predicted molar refractivity (Wildman–Crippen MR) is 122 cm³/mol. The molecule has 0 aromatic carbocycles. The monoisotopic (exact) mass is 423 g/mol. The Kier molecular flexibility index (Phi) is 21.2. The number of nitrogens with one attached hydrogen (secondary N) is 1. The molecule has 0 heterocycles. The van der Waals surface area contributed by atoms with Crippen molar-refractivity contribution in [1.29, 1.82) is 0 Å². The van der Waals surface area contributed by atoms with E-state index in [0.717, 1.165) is 57.8 Å². The molecule has 0 aliphatic carbocycles. The number of nitrogens with two attached hydrogens (primary N) is 1. The quantitative estimate of drug-likeness (QED) is 0.188. The lowest BCUT2D eigenvalue weighted by Crippen LogP contribution is -2.41. The van der Waals surface area contributed by atoms with Crippen molar-refractivity contribution in [1.82, 2.24) is 11.5 Å². The van der Waals surface area contributed by atoms with E-state index in [1.165, 1.54) is 0 Å². The molecule has 7 heteroatoms. The summed E-state index contributed by atoms with van der Waals surface area (Å²) in [6, 6.07) is -1.05. The van der Waals surface area contributed by atoms with Crippen LogP contribution >= 0.6 is 0 Å². The maximum atomic E-state index is 11.8. The topological polar surface area (TPSA) is 144 Å². The summed E-state index contributed by atoms with van der Waals surface area (Å²) < 4.78 is 0. The highest BCUT2D eigenvalue weighted by Crippen LogP contribution is 2.08. The average molecular weight is 424 g/mol. The van der Waals surface area contributed by atoms with E-state index in [4.69, 9.17) is 10.8 Å². The fourth-order valence-electron chi connectivity index (χ4n) is 2.72. The van der Waals surface area contributed by atoms with Crippen molar-refractivity contribution < 1.29 is 19.5 Å². The predicted octanol–water partition coefficient (Wildman–Crippen LogP) is 4.57. The second-order valence-electron chi connectivity index (χ2n) is 7.06. The van der Waals surface area contributed by atoms with Crippen LogP contribution in [0.1, 0.15) is 84.0 Å². The van der Waals surface area contributed by atoms with E-state index in [9.17, 15) is 14.4 Å². The molecule has 2 amide bonds. The van der Waals surface area contributed by atoms with Crippen LogP contribution in [0.25, 0.3) is 0 Å². The molecule has 0 aromatic rings. The number of carbonyl (C=O) groups excluding carboxylic acids is 2. The van der Waals surface area contributed by atoms with Gasteiger partial charge in [-0.3, -0.25) is 9.59 Å². The summed E-state index contributed by atoms with van der Waals surface area (Å²) in [7, 11) is 0. The molecule has 7 nitrogen and oxygen atoms in total. The minimum atomic E-state index is -1.14. The third kappa shape index (κ3) is 20.3. The van der Waals surface area contributed by atoms with Gasteiger partial charge in [-0.1, -0.05) is 62.6 Å². The number of aliphatic carboxylic acids is 1. The van der Waals surface area contributed by atoms with Crippen molar-refractivity contribution in [2.45, 2.75) is 90.0 Å². The fraction of sp³-hybridized carbons (Fsp3) is 0.609. The Morgan fingerprint density at radius 2 is 1.43 bits per heavy atom. The van der Waals surface area contributed by atoms with E-state index < -0.39 is 17.9 Å². The first kappa shape index (κ1) is 29.8. The first-order chi connectivity index (χ1) is 14.0. The summed E-state index contributed by atoms with van der Waals surface area (Å²) in [5.74, 6) is -2.00. The highest BCUT2D eigenvalue weighted by atomic mass is 16.4. The highest BCUT2D eigenvalue weighted by Gasteiger charge is 2.20. The SMILES string of the molecule is CC/C=C/C/C=C/C/C=C/CCCCCCCC(=O)NC(CCC(N)=O)C(=O)O.N. The van der Waals surface area contributed by atoms with E-state index >= 15 is 0 Å². The third-order valence-electron chi connectivity index (χ3n) is 4.37. The number of primary amides is 1. The number of carbonyl (C=O) groups is 3. The second kappa shape index (κ2) is 21.3. The molecule has 0 aromatic heterocycles. The molecule has 0 saturated heterocycles. The van der Waals surface area contributed by atoms with E-state index in [1.807, 2.05) is 0 Å². The van der Waals surface area contributed by atoms with E-state index in [-0.39, 0.29) is 24.9 Å². The molecular weight excluding hydrogens is 382 g/mol. The molecule has 1 atom stereocenters. The summed E-state index contributed by atoms with van der Waals surface area (Å²) in [6.45, 7) is 2.13. The Balaban J connectivity index is 0. The minimum absolute atomic E-state index is 0. The van der Waals surface area contributed by atoms with Crippen molar-refractivity contribution in [2.24, 2.45) is 5.73 Å². The highest BCUT2D eigenvalue weighted by molar-refractivity contribution is 5.84. The molecule has 0 aliphatic rings. The zero-order chi connectivity index (χ0) is 21.7. The lowest BCUT2D eigenvalue weighted by Gasteiger charge is -2.13. The van der Waals surface area contributed by atoms with Crippen LogP contribution in [0, 0.1) is 0 Å². The number of unbranched alkanes of at least 4 members (excludes halogenated alkanes) is 5. The average Bonchev–Trinajstić information content (AvgIpc) is 2.67. The fourth-order valence-corrected chi connectivity index (χ4v) is 2.72. The molecule has 172 valence electrons. The van der Waals surface area contributed by atoms with Gasteiger partial charge in [0.2, 0.25) is 11.8 Å². The van der Waals surface area contributed by atoms with Gasteiger partial charge >= 0.3 is 5.97 Å². The summed E-state index contributed by atoms with van der Waals surface area (Å²) in [4.78, 5) is 33.7. The molecule has 7 N–H and O–H groups in total. The maximum absolute atomic E-state index is 11.8. The number of rotatable bonds is 18. The molecule has 0 aliphatic heterocycles. The van der Waals surface area contributed by atoms with Gasteiger partial charge in [0, 0.05) is 12.8 Å². The zero-order valence-electron chi connectivity index (χ0n) is 18.5. The second-order valence-corrected chi connectivity index (χ2v) is 7.06. The van der Waals surface area contributed by atoms with Crippen molar-refractivity contribution >= 4 is 17.8 Å². The summed E-state index contributed by atoms with van der Waals surface area (Å²) in [5, 5.41) is 11.5. The Morgan fingerprint density at radius 3 is 2.03 bits per heavy atom. The number of amides is 2. The van der Waals surface area contributed by atoms with Crippen LogP contribution in [-0.4, -0.2) is 28.9 Å². The Hall–Kier alpha value is -2.41. The third-order valence-corrected chi connectivity index (χ3v) is 4.37. The Morgan fingerprint density at radius 1 is 0.867 bits per heavy atom. The number of carboxylic acids is 1. The van der Waals surface area contributed by atoms with Gasteiger partial charge in [-0.05, 0) is 44.9 Å².